The van der Waals surface area contributed by atoms with E-state index in [1.807, 2.05) is 6.07 Å². The Morgan fingerprint density at radius 3 is 2.55 bits per heavy atom. The highest BCUT2D eigenvalue weighted by atomic mass is 16.4. The van der Waals surface area contributed by atoms with Crippen molar-refractivity contribution in [1.82, 2.24) is 4.90 Å². The molecule has 0 aromatic heterocycles. The van der Waals surface area contributed by atoms with Gasteiger partial charge in [-0.05, 0) is 0 Å². The second kappa shape index (κ2) is 2.76. The summed E-state index contributed by atoms with van der Waals surface area (Å²) >= 11 is 0. The number of amides is 1. The van der Waals surface area contributed by atoms with Gasteiger partial charge < -0.3 is 15.1 Å². The molecule has 2 N–H and O–H groups in total. The summed E-state index contributed by atoms with van der Waals surface area (Å²) in [7, 11) is 0. The van der Waals surface area contributed by atoms with Gasteiger partial charge in [-0.15, -0.1) is 0 Å². The molecule has 5 heteroatoms. The highest BCUT2D eigenvalue weighted by Crippen LogP contribution is 2.15. The first-order valence-corrected chi connectivity index (χ1v) is 3.20. The Bertz CT molecular complexity index is 210. The monoisotopic (exact) mass is 156 g/mol. The highest BCUT2D eigenvalue weighted by molar-refractivity contribution is 5.65. The Labute approximate surface area is 63.5 Å². The number of carbonyl (C=O) groups is 1. The van der Waals surface area contributed by atoms with Gasteiger partial charge in [0.05, 0.1) is 24.6 Å². The molecule has 1 aliphatic rings. The maximum atomic E-state index is 10.3. The fraction of sp³-hybridized carbons (Fsp3) is 0.667. The van der Waals surface area contributed by atoms with Crippen molar-refractivity contribution in [3.8, 4) is 6.07 Å². The summed E-state index contributed by atoms with van der Waals surface area (Å²) in [5.41, 5.74) is 0. The van der Waals surface area contributed by atoms with E-state index in [0.29, 0.717) is 0 Å². The SMILES string of the molecule is N#C[C@@H]1CN(C(=O)O)C[C@H]1O. The molecule has 0 unspecified atom stereocenters. The lowest BCUT2D eigenvalue weighted by molar-refractivity contribution is 0.137. The first-order valence-electron chi connectivity index (χ1n) is 3.20. The molecule has 1 heterocycles. The Morgan fingerprint density at radius 2 is 2.27 bits per heavy atom. The number of likely N-dealkylation sites (tertiary alicyclic amines) is 1. The van der Waals surface area contributed by atoms with E-state index in [2.05, 4.69) is 0 Å². The molecular formula is C6H8N2O3. The second-order valence-corrected chi connectivity index (χ2v) is 2.49. The topological polar surface area (TPSA) is 84.6 Å². The molecule has 1 aliphatic heterocycles. The van der Waals surface area contributed by atoms with Crippen LogP contribution in [0.4, 0.5) is 4.79 Å². The molecule has 0 aromatic carbocycles. The van der Waals surface area contributed by atoms with Gasteiger partial charge in [-0.2, -0.15) is 5.26 Å². The number of aliphatic hydroxyl groups is 1. The Hall–Kier alpha value is -1.28. The molecule has 2 atom stereocenters. The molecule has 0 aromatic rings. The summed E-state index contributed by atoms with van der Waals surface area (Å²) in [5, 5.41) is 25.9. The minimum absolute atomic E-state index is 0.0492. The fourth-order valence-corrected chi connectivity index (χ4v) is 1.07. The van der Waals surface area contributed by atoms with Gasteiger partial charge in [-0.25, -0.2) is 4.79 Å². The molecular weight excluding hydrogens is 148 g/mol. The highest BCUT2D eigenvalue weighted by Gasteiger charge is 2.33. The van der Waals surface area contributed by atoms with Crippen LogP contribution in [0, 0.1) is 17.2 Å². The number of nitrogens with zero attached hydrogens (tertiary/aromatic N) is 2. The minimum atomic E-state index is -1.08. The number of β-amino-alcohol motifs (C(OH)–C–C–N with tert-alkyl or cyclic N) is 1. The molecule has 0 spiro atoms. The normalized spacial score (nSPS) is 30.0. The van der Waals surface area contributed by atoms with Crippen molar-refractivity contribution in [2.75, 3.05) is 13.1 Å². The number of hydrogen-bond acceptors (Lipinski definition) is 3. The van der Waals surface area contributed by atoms with Crippen LogP contribution in [-0.4, -0.2) is 40.4 Å². The molecule has 60 valence electrons. The zero-order valence-corrected chi connectivity index (χ0v) is 5.77. The predicted octanol–water partition coefficient (Wildman–Crippen LogP) is -0.519. The summed E-state index contributed by atoms with van der Waals surface area (Å²) < 4.78 is 0. The summed E-state index contributed by atoms with van der Waals surface area (Å²) in [6.07, 6.45) is -1.90. The summed E-state index contributed by atoms with van der Waals surface area (Å²) in [6, 6.07) is 1.84. The largest absolute Gasteiger partial charge is 0.465 e. The van der Waals surface area contributed by atoms with Crippen molar-refractivity contribution in [3.63, 3.8) is 0 Å². The van der Waals surface area contributed by atoms with Gasteiger partial charge in [0.1, 0.15) is 0 Å². The zero-order valence-electron chi connectivity index (χ0n) is 5.77. The smallest absolute Gasteiger partial charge is 0.407 e. The lowest BCUT2D eigenvalue weighted by Gasteiger charge is -2.08. The van der Waals surface area contributed by atoms with E-state index in [4.69, 9.17) is 15.5 Å². The maximum absolute atomic E-state index is 10.3. The molecule has 1 fully saturated rings. The maximum Gasteiger partial charge on any atom is 0.407 e. The summed E-state index contributed by atoms with van der Waals surface area (Å²) in [6.45, 7) is 0.167. The third-order valence-electron chi connectivity index (χ3n) is 1.73. The number of nitriles is 1. The molecule has 1 amide bonds. The van der Waals surface area contributed by atoms with Crippen LogP contribution in [0.1, 0.15) is 0 Å². The van der Waals surface area contributed by atoms with E-state index < -0.39 is 18.1 Å². The molecule has 1 saturated heterocycles. The van der Waals surface area contributed by atoms with Gasteiger partial charge in [0.2, 0.25) is 0 Å². The van der Waals surface area contributed by atoms with Crippen molar-refractivity contribution in [2.24, 2.45) is 5.92 Å². The van der Waals surface area contributed by atoms with Gasteiger partial charge in [-0.3, -0.25) is 0 Å². The summed E-state index contributed by atoms with van der Waals surface area (Å²) in [4.78, 5) is 11.4. The summed E-state index contributed by atoms with van der Waals surface area (Å²) in [5.74, 6) is -0.564. The standard InChI is InChI=1S/C6H8N2O3/c7-1-4-2-8(6(10)11)3-5(4)9/h4-5,9H,2-3H2,(H,10,11)/t4-,5-/m1/s1. The molecule has 1 rings (SSSR count). The number of carboxylic acid groups (broad SMARTS) is 1. The molecule has 5 nitrogen and oxygen atoms in total. The van der Waals surface area contributed by atoms with Crippen molar-refractivity contribution >= 4 is 6.09 Å². The van der Waals surface area contributed by atoms with E-state index >= 15 is 0 Å². The Morgan fingerprint density at radius 1 is 1.64 bits per heavy atom. The van der Waals surface area contributed by atoms with E-state index in [0.717, 1.165) is 4.90 Å². The lowest BCUT2D eigenvalue weighted by atomic mass is 10.1. The van der Waals surface area contributed by atoms with E-state index in [-0.39, 0.29) is 13.1 Å². The van der Waals surface area contributed by atoms with Gasteiger partial charge in [-0.1, -0.05) is 0 Å². The quantitative estimate of drug-likeness (QED) is 0.494. The molecule has 0 saturated carbocycles. The average Bonchev–Trinajstić information content (AvgIpc) is 2.31. The third kappa shape index (κ3) is 1.41. The first kappa shape index (κ1) is 7.82. The van der Waals surface area contributed by atoms with Gasteiger partial charge in [0.15, 0.2) is 0 Å². The minimum Gasteiger partial charge on any atom is -0.465 e. The molecule has 11 heavy (non-hydrogen) atoms. The van der Waals surface area contributed by atoms with Crippen molar-refractivity contribution < 1.29 is 15.0 Å². The molecule has 0 bridgehead atoms. The predicted molar refractivity (Wildman–Crippen MR) is 34.7 cm³/mol. The van der Waals surface area contributed by atoms with Crippen molar-refractivity contribution in [3.05, 3.63) is 0 Å². The van der Waals surface area contributed by atoms with Crippen LogP contribution in [0.2, 0.25) is 0 Å². The van der Waals surface area contributed by atoms with Crippen LogP contribution in [0.3, 0.4) is 0 Å². The van der Waals surface area contributed by atoms with Crippen molar-refractivity contribution in [2.45, 2.75) is 6.10 Å². The van der Waals surface area contributed by atoms with Crippen LogP contribution >= 0.6 is 0 Å². The number of rotatable bonds is 0. The molecule has 0 radical (unpaired) electrons. The Balaban J connectivity index is 2.58. The number of hydrogen-bond donors (Lipinski definition) is 2. The van der Waals surface area contributed by atoms with Crippen LogP contribution < -0.4 is 0 Å². The lowest BCUT2D eigenvalue weighted by Crippen LogP contribution is -2.27. The van der Waals surface area contributed by atoms with Gasteiger partial charge in [0.25, 0.3) is 0 Å². The van der Waals surface area contributed by atoms with Gasteiger partial charge in [0, 0.05) is 6.54 Å². The van der Waals surface area contributed by atoms with Crippen LogP contribution in [0.25, 0.3) is 0 Å². The van der Waals surface area contributed by atoms with Crippen LogP contribution in [0.5, 0.6) is 0 Å². The van der Waals surface area contributed by atoms with Gasteiger partial charge >= 0.3 is 6.09 Å². The fourth-order valence-electron chi connectivity index (χ4n) is 1.07. The third-order valence-corrected chi connectivity index (χ3v) is 1.73. The number of aliphatic hydroxyl groups excluding tert-OH is 1. The van der Waals surface area contributed by atoms with Crippen LogP contribution in [0.15, 0.2) is 0 Å². The molecule has 0 aliphatic carbocycles. The zero-order chi connectivity index (χ0) is 8.43. The Kier molecular flexibility index (Phi) is 1.96. The van der Waals surface area contributed by atoms with E-state index in [1.165, 1.54) is 0 Å². The first-order chi connectivity index (χ1) is 5.15. The van der Waals surface area contributed by atoms with E-state index in [9.17, 15) is 4.79 Å². The average molecular weight is 156 g/mol. The van der Waals surface area contributed by atoms with Crippen molar-refractivity contribution in [1.29, 1.82) is 5.26 Å². The van der Waals surface area contributed by atoms with Crippen LogP contribution in [-0.2, 0) is 0 Å². The second-order valence-electron chi connectivity index (χ2n) is 2.49. The van der Waals surface area contributed by atoms with E-state index in [1.54, 1.807) is 0 Å².